The maximum Gasteiger partial charge on any atom is 0.418 e. The van der Waals surface area contributed by atoms with Crippen LogP contribution in [-0.4, -0.2) is 69.6 Å². The van der Waals surface area contributed by atoms with E-state index in [0.29, 0.717) is 11.1 Å². The number of thioether (sulfide) groups is 1. The van der Waals surface area contributed by atoms with Crippen molar-refractivity contribution in [2.24, 2.45) is 10.9 Å². The number of amidine groups is 1. The summed E-state index contributed by atoms with van der Waals surface area (Å²) >= 11 is 4.47. The Morgan fingerprint density at radius 2 is 1.84 bits per heavy atom. The number of carbonyl (C=O) groups excluding carboxylic acids is 1. The Kier molecular flexibility index (Phi) is 10.7. The second-order valence-corrected chi connectivity index (χ2v) is 23.3. The first-order valence-electron chi connectivity index (χ1n) is 14.7. The topological polar surface area (TPSA) is 94.5 Å². The summed E-state index contributed by atoms with van der Waals surface area (Å²) in [6.07, 6.45) is -0.505. The number of alkyl halides is 1. The van der Waals surface area contributed by atoms with E-state index in [1.807, 2.05) is 6.92 Å². The fourth-order valence-electron chi connectivity index (χ4n) is 5.02. The lowest BCUT2D eigenvalue weighted by molar-refractivity contribution is 0.0108. The molecule has 0 unspecified atom stereocenters. The van der Waals surface area contributed by atoms with Crippen molar-refractivity contribution >= 4 is 57.1 Å². The number of benzene rings is 2. The van der Waals surface area contributed by atoms with Crippen LogP contribution in [0.1, 0.15) is 38.3 Å². The predicted octanol–water partition coefficient (Wildman–Crippen LogP) is 7.88. The standard InChI is InChI=1S/C31H41BrF2N2O6S2Si/c1-21-8-11-23(12-9-21)44(38,39)41-19-30-17-26(30)31(18-33,24-16-22(32)10-13-25(24)34)35-27(43-30)36(28(37)42-29(2,3)4)20-40-14-15-45(5,6)7/h8-13,16,26H,14-15,17-20H2,1-7H3/t26-,30-,31+/m0/s1. The van der Waals surface area contributed by atoms with E-state index in [2.05, 4.69) is 35.6 Å². The highest BCUT2D eigenvalue weighted by Crippen LogP contribution is 2.67. The van der Waals surface area contributed by atoms with Crippen LogP contribution in [0.15, 0.2) is 56.8 Å². The van der Waals surface area contributed by atoms with Crippen LogP contribution in [0.25, 0.3) is 0 Å². The number of fused-ring (bicyclic) bond motifs is 1. The van der Waals surface area contributed by atoms with Gasteiger partial charge in [0.05, 0.1) is 16.2 Å². The summed E-state index contributed by atoms with van der Waals surface area (Å²) < 4.78 is 74.0. The summed E-state index contributed by atoms with van der Waals surface area (Å²) in [5.74, 6) is -1.30. The molecule has 2 aliphatic rings. The molecule has 0 bridgehead atoms. The van der Waals surface area contributed by atoms with Gasteiger partial charge in [0.1, 0.15) is 30.4 Å². The third-order valence-electron chi connectivity index (χ3n) is 7.62. The summed E-state index contributed by atoms with van der Waals surface area (Å²) in [5, 5.41) is 0.0411. The van der Waals surface area contributed by atoms with Crippen LogP contribution in [0.3, 0.4) is 0 Å². The first-order valence-corrected chi connectivity index (χ1v) is 21.4. The Balaban J connectivity index is 1.76. The Labute approximate surface area is 278 Å². The Morgan fingerprint density at radius 1 is 1.18 bits per heavy atom. The van der Waals surface area contributed by atoms with Crippen LogP contribution < -0.4 is 0 Å². The first kappa shape index (κ1) is 36.0. The van der Waals surface area contributed by atoms with E-state index >= 15 is 8.78 Å². The van der Waals surface area contributed by atoms with E-state index in [1.54, 1.807) is 32.9 Å². The van der Waals surface area contributed by atoms with Crippen molar-refractivity contribution in [2.45, 2.75) is 80.6 Å². The van der Waals surface area contributed by atoms with Gasteiger partial charge in [-0.15, -0.1) is 0 Å². The maximum absolute atomic E-state index is 15.5. The van der Waals surface area contributed by atoms with Gasteiger partial charge in [0, 0.05) is 30.6 Å². The minimum atomic E-state index is -4.18. The Hall–Kier alpha value is -1.84. The van der Waals surface area contributed by atoms with Gasteiger partial charge in [0.25, 0.3) is 10.1 Å². The van der Waals surface area contributed by atoms with Gasteiger partial charge in [-0.3, -0.25) is 4.18 Å². The van der Waals surface area contributed by atoms with Crippen molar-refractivity contribution in [3.05, 3.63) is 63.9 Å². The lowest BCUT2D eigenvalue weighted by atomic mass is 9.85. The predicted molar refractivity (Wildman–Crippen MR) is 179 cm³/mol. The number of rotatable bonds is 11. The number of nitrogens with zero attached hydrogens (tertiary/aromatic N) is 2. The van der Waals surface area contributed by atoms with E-state index in [1.165, 1.54) is 35.2 Å². The van der Waals surface area contributed by atoms with Crippen molar-refractivity contribution in [2.75, 3.05) is 26.6 Å². The highest BCUT2D eigenvalue weighted by Gasteiger charge is 2.69. The second kappa shape index (κ2) is 13.3. The number of hydrogen-bond acceptors (Lipinski definition) is 8. The van der Waals surface area contributed by atoms with Gasteiger partial charge in [0.15, 0.2) is 5.17 Å². The molecule has 248 valence electrons. The highest BCUT2D eigenvalue weighted by atomic mass is 79.9. The van der Waals surface area contributed by atoms with Crippen LogP contribution in [0.2, 0.25) is 25.7 Å². The average Bonchev–Trinajstić information content (AvgIpc) is 3.67. The van der Waals surface area contributed by atoms with E-state index in [9.17, 15) is 13.2 Å². The maximum atomic E-state index is 15.5. The molecule has 1 heterocycles. The molecule has 2 aromatic carbocycles. The molecule has 0 radical (unpaired) electrons. The van der Waals surface area contributed by atoms with E-state index in [0.717, 1.165) is 23.4 Å². The number of hydrogen-bond donors (Lipinski definition) is 0. The minimum absolute atomic E-state index is 0.00534. The van der Waals surface area contributed by atoms with Gasteiger partial charge in [-0.25, -0.2) is 23.5 Å². The van der Waals surface area contributed by atoms with Crippen molar-refractivity contribution < 1.29 is 35.6 Å². The van der Waals surface area contributed by atoms with Crippen LogP contribution >= 0.6 is 27.7 Å². The normalized spacial score (nSPS) is 23.2. The van der Waals surface area contributed by atoms with Gasteiger partial charge >= 0.3 is 6.09 Å². The second-order valence-electron chi connectivity index (χ2n) is 13.8. The molecular weight excluding hydrogens is 706 g/mol. The number of ether oxygens (including phenoxy) is 2. The molecule has 1 amide bonds. The zero-order chi connectivity index (χ0) is 33.4. The first-order chi connectivity index (χ1) is 20.8. The molecule has 1 aliphatic carbocycles. The summed E-state index contributed by atoms with van der Waals surface area (Å²) in [6, 6.07) is 11.3. The minimum Gasteiger partial charge on any atom is -0.443 e. The third-order valence-corrected chi connectivity index (χ3v) is 12.6. The van der Waals surface area contributed by atoms with Gasteiger partial charge in [-0.1, -0.05) is 65.0 Å². The van der Waals surface area contributed by atoms with E-state index in [4.69, 9.17) is 18.6 Å². The molecule has 3 atom stereocenters. The lowest BCUT2D eigenvalue weighted by Gasteiger charge is -2.38. The van der Waals surface area contributed by atoms with Gasteiger partial charge < -0.3 is 9.47 Å². The Bertz CT molecular complexity index is 1550. The summed E-state index contributed by atoms with van der Waals surface area (Å²) in [5.41, 5.74) is -1.75. The van der Waals surface area contributed by atoms with Crippen molar-refractivity contribution in [3.63, 3.8) is 0 Å². The fraction of sp³-hybridized carbons (Fsp3) is 0.548. The molecule has 14 heteroatoms. The summed E-state index contributed by atoms with van der Waals surface area (Å²) in [7, 11) is -5.63. The monoisotopic (exact) mass is 746 g/mol. The van der Waals surface area contributed by atoms with Gasteiger partial charge in [-0.05, 0) is 70.5 Å². The smallest absolute Gasteiger partial charge is 0.418 e. The number of aliphatic imine (C=N–C) groups is 1. The Morgan fingerprint density at radius 3 is 2.44 bits per heavy atom. The van der Waals surface area contributed by atoms with Crippen LogP contribution in [0.4, 0.5) is 13.6 Å². The molecule has 0 N–H and O–H groups in total. The summed E-state index contributed by atoms with van der Waals surface area (Å²) in [4.78, 5) is 19.5. The molecule has 0 spiro atoms. The molecule has 2 aromatic rings. The number of halogens is 3. The van der Waals surface area contributed by atoms with Crippen LogP contribution in [0.5, 0.6) is 0 Å². The van der Waals surface area contributed by atoms with Crippen molar-refractivity contribution in [1.29, 1.82) is 0 Å². The molecule has 4 rings (SSSR count). The van der Waals surface area contributed by atoms with E-state index < -0.39 is 58.6 Å². The zero-order valence-electron chi connectivity index (χ0n) is 26.7. The van der Waals surface area contributed by atoms with Gasteiger partial charge in [0.2, 0.25) is 0 Å². The molecule has 8 nitrogen and oxygen atoms in total. The largest absolute Gasteiger partial charge is 0.443 e. The molecule has 0 saturated heterocycles. The number of carbonyl (C=O) groups is 1. The molecule has 45 heavy (non-hydrogen) atoms. The molecule has 1 fully saturated rings. The molecule has 1 saturated carbocycles. The molecular formula is C31H41BrF2N2O6S2Si. The SMILES string of the molecule is Cc1ccc(S(=O)(=O)OC[C@@]23C[C@@H]2[C@@](CF)(c2cc(Br)ccc2F)N=C(N(COCC[Si](C)(C)C)C(=O)OC(C)(C)C)S3)cc1. The molecule has 1 aliphatic heterocycles. The van der Waals surface area contributed by atoms with E-state index in [-0.39, 0.29) is 35.4 Å². The fourth-order valence-corrected chi connectivity index (χ4v) is 8.70. The zero-order valence-corrected chi connectivity index (χ0v) is 30.9. The van der Waals surface area contributed by atoms with Crippen molar-refractivity contribution in [1.82, 2.24) is 4.90 Å². The van der Waals surface area contributed by atoms with Crippen molar-refractivity contribution in [3.8, 4) is 0 Å². The number of aryl methyl sites for hydroxylation is 1. The highest BCUT2D eigenvalue weighted by molar-refractivity contribution is 9.10. The van der Waals surface area contributed by atoms with Crippen LogP contribution in [0, 0.1) is 18.7 Å². The molecule has 0 aromatic heterocycles. The number of amides is 1. The van der Waals surface area contributed by atoms with Crippen LogP contribution in [-0.2, 0) is 29.3 Å². The van der Waals surface area contributed by atoms with Gasteiger partial charge in [-0.2, -0.15) is 8.42 Å². The third kappa shape index (κ3) is 8.55. The lowest BCUT2D eigenvalue weighted by Crippen LogP contribution is -2.47. The average molecular weight is 748 g/mol. The summed E-state index contributed by atoms with van der Waals surface area (Å²) in [6.45, 7) is 12.3. The quantitative estimate of drug-likeness (QED) is 0.1000.